The van der Waals surface area contributed by atoms with E-state index in [-0.39, 0.29) is 0 Å². The molecular weight excluding hydrogens is 438 g/mol. The van der Waals surface area contributed by atoms with Gasteiger partial charge < -0.3 is 0 Å². The molecule has 0 N–H and O–H groups in total. The summed E-state index contributed by atoms with van der Waals surface area (Å²) in [6.45, 7) is 7.36. The van der Waals surface area contributed by atoms with Crippen molar-refractivity contribution < 1.29 is 16.5 Å². The summed E-state index contributed by atoms with van der Waals surface area (Å²) in [4.78, 5) is 7.61. The molecule has 2 aromatic rings. The van der Waals surface area contributed by atoms with E-state index in [1.165, 1.54) is 0 Å². The molecule has 2 aromatic heterocycles. The predicted octanol–water partition coefficient (Wildman–Crippen LogP) is 3.90. The van der Waals surface area contributed by atoms with Gasteiger partial charge in [0, 0.05) is 0 Å². The summed E-state index contributed by atoms with van der Waals surface area (Å²) in [5.74, 6) is 0. The summed E-state index contributed by atoms with van der Waals surface area (Å²) in [5.41, 5.74) is 2.02. The minimum absolute atomic E-state index is 0.472. The second-order valence-electron chi connectivity index (χ2n) is 2.76. The molecule has 0 unspecified atom stereocenters. The average Bonchev–Trinajstić information content (AvgIpc) is 2.33. The normalized spacial score (nSPS) is 8.35. The second-order valence-corrected chi connectivity index (χ2v) is 6.04. The van der Waals surface area contributed by atoms with E-state index in [0.29, 0.717) is 0 Å². The van der Waals surface area contributed by atoms with Gasteiger partial charge in [-0.2, -0.15) is 25.0 Å². The number of pyridine rings is 2. The predicted molar refractivity (Wildman–Crippen MR) is 69.1 cm³/mol. The first kappa shape index (κ1) is 16.3. The standard InChI is InChI=1S/2C6H6N.2ClH.Pt/c2*1-6-2-4-7-5-3-6;;;/h2*2-5H,1H2;2*1H;/q2*-1;;;+4/p-2. The molecule has 2 heterocycles. The van der Waals surface area contributed by atoms with Crippen LogP contribution in [0.5, 0.6) is 0 Å². The fourth-order valence-corrected chi connectivity index (χ4v) is 0.766. The van der Waals surface area contributed by atoms with Crippen molar-refractivity contribution in [2.24, 2.45) is 0 Å². The molecule has 0 fully saturated rings. The molecule has 0 saturated carbocycles. The Hall–Kier alpha value is -0.692. The quantitative estimate of drug-likeness (QED) is 0.570. The summed E-state index contributed by atoms with van der Waals surface area (Å²) < 4.78 is 0. The van der Waals surface area contributed by atoms with Gasteiger partial charge in [0.1, 0.15) is 0 Å². The first-order valence-corrected chi connectivity index (χ1v) is 10.1. The summed E-state index contributed by atoms with van der Waals surface area (Å²) >= 11 is -0.472. The van der Waals surface area contributed by atoms with Gasteiger partial charge in [-0.05, 0) is 24.8 Å². The van der Waals surface area contributed by atoms with E-state index in [2.05, 4.69) is 23.8 Å². The SMILES string of the molecule is [CH2-]c1ccncc1.[CH2-]c1ccncc1.[Cl][Pt+2][Cl]. The van der Waals surface area contributed by atoms with Crippen LogP contribution >= 0.6 is 18.8 Å². The van der Waals surface area contributed by atoms with Crippen molar-refractivity contribution in [1.29, 1.82) is 0 Å². The molecular formula is C12H12Cl2N2Pt. The maximum absolute atomic E-state index is 4.88. The van der Waals surface area contributed by atoms with Gasteiger partial charge in [0.05, 0.1) is 0 Å². The van der Waals surface area contributed by atoms with Gasteiger partial charge >= 0.3 is 35.3 Å². The zero-order valence-electron chi connectivity index (χ0n) is 9.00. The minimum atomic E-state index is -0.472. The molecule has 0 aliphatic heterocycles. The van der Waals surface area contributed by atoms with Crippen LogP contribution in [0.2, 0.25) is 0 Å². The van der Waals surface area contributed by atoms with Gasteiger partial charge in [-0.1, -0.05) is 0 Å². The molecule has 0 saturated heterocycles. The van der Waals surface area contributed by atoms with Crippen molar-refractivity contribution in [1.82, 2.24) is 9.97 Å². The molecule has 0 amide bonds. The zero-order valence-corrected chi connectivity index (χ0v) is 12.8. The summed E-state index contributed by atoms with van der Waals surface area (Å²) in [5, 5.41) is 0. The van der Waals surface area contributed by atoms with E-state index in [9.17, 15) is 0 Å². The van der Waals surface area contributed by atoms with Gasteiger partial charge in [0.2, 0.25) is 0 Å². The average molecular weight is 450 g/mol. The van der Waals surface area contributed by atoms with Gasteiger partial charge in [-0.25, -0.2) is 0 Å². The number of hydrogen-bond donors (Lipinski definition) is 0. The summed E-state index contributed by atoms with van der Waals surface area (Å²) in [7, 11) is 9.75. The Kier molecular flexibility index (Phi) is 11.3. The Labute approximate surface area is 119 Å². The van der Waals surface area contributed by atoms with Crippen LogP contribution in [0.1, 0.15) is 11.1 Å². The van der Waals surface area contributed by atoms with E-state index >= 15 is 0 Å². The van der Waals surface area contributed by atoms with Crippen molar-refractivity contribution in [2.45, 2.75) is 0 Å². The molecule has 0 aromatic carbocycles. The Morgan fingerprint density at radius 3 is 1.12 bits per heavy atom. The molecule has 0 spiro atoms. The molecule has 0 bridgehead atoms. The number of rotatable bonds is 0. The molecule has 5 heteroatoms. The van der Waals surface area contributed by atoms with Gasteiger partial charge in [-0.3, -0.25) is 9.97 Å². The van der Waals surface area contributed by atoms with E-state index in [0.717, 1.165) is 11.1 Å². The van der Waals surface area contributed by atoms with Crippen LogP contribution in [-0.2, 0) is 16.5 Å². The summed E-state index contributed by atoms with van der Waals surface area (Å²) in [6.07, 6.45) is 6.90. The van der Waals surface area contributed by atoms with Gasteiger partial charge in [0.25, 0.3) is 0 Å². The number of aromatic nitrogens is 2. The third-order valence-electron chi connectivity index (χ3n) is 1.50. The van der Waals surface area contributed by atoms with Crippen molar-refractivity contribution in [3.63, 3.8) is 0 Å². The third kappa shape index (κ3) is 11.6. The summed E-state index contributed by atoms with van der Waals surface area (Å²) in [6, 6.07) is 7.44. The van der Waals surface area contributed by atoms with Gasteiger partial charge in [-0.15, -0.1) is 24.3 Å². The maximum atomic E-state index is 4.88. The van der Waals surface area contributed by atoms with E-state index < -0.39 is 16.5 Å². The Balaban J connectivity index is 0.000000247. The third-order valence-corrected chi connectivity index (χ3v) is 1.50. The molecule has 2 nitrogen and oxygen atoms in total. The monoisotopic (exact) mass is 449 g/mol. The van der Waals surface area contributed by atoms with Crippen LogP contribution in [0.25, 0.3) is 0 Å². The molecule has 0 aliphatic carbocycles. The topological polar surface area (TPSA) is 25.8 Å². The Morgan fingerprint density at radius 1 is 0.765 bits per heavy atom. The van der Waals surface area contributed by atoms with E-state index in [1.54, 1.807) is 24.8 Å². The molecule has 0 aliphatic rings. The first-order valence-electron chi connectivity index (χ1n) is 4.47. The van der Waals surface area contributed by atoms with Crippen molar-refractivity contribution in [3.8, 4) is 0 Å². The second kappa shape index (κ2) is 11.8. The number of halogens is 2. The zero-order chi connectivity index (χ0) is 12.9. The van der Waals surface area contributed by atoms with Crippen LogP contribution in [0, 0.1) is 13.8 Å². The van der Waals surface area contributed by atoms with Crippen molar-refractivity contribution in [3.05, 3.63) is 74.0 Å². The van der Waals surface area contributed by atoms with Crippen LogP contribution < -0.4 is 0 Å². The van der Waals surface area contributed by atoms with Crippen LogP contribution in [0.15, 0.2) is 49.1 Å². The fourth-order valence-electron chi connectivity index (χ4n) is 0.766. The van der Waals surface area contributed by atoms with Crippen LogP contribution in [0.3, 0.4) is 0 Å². The van der Waals surface area contributed by atoms with Gasteiger partial charge in [0.15, 0.2) is 0 Å². The van der Waals surface area contributed by atoms with E-state index in [4.69, 9.17) is 18.8 Å². The fraction of sp³-hybridized carbons (Fsp3) is 0. The molecule has 2 rings (SSSR count). The van der Waals surface area contributed by atoms with E-state index in [1.807, 2.05) is 24.3 Å². The molecule has 0 radical (unpaired) electrons. The first-order chi connectivity index (χ1) is 8.20. The van der Waals surface area contributed by atoms with Crippen molar-refractivity contribution in [2.75, 3.05) is 0 Å². The Morgan fingerprint density at radius 2 is 1.00 bits per heavy atom. The molecule has 0 atom stereocenters. The molecule has 94 valence electrons. The van der Waals surface area contributed by atoms with Crippen LogP contribution in [-0.4, -0.2) is 9.97 Å². The Bertz CT molecular complexity index is 333. The van der Waals surface area contributed by atoms with Crippen LogP contribution in [0.4, 0.5) is 0 Å². The van der Waals surface area contributed by atoms with Crippen molar-refractivity contribution >= 4 is 18.8 Å². The number of hydrogen-bond acceptors (Lipinski definition) is 2. The number of nitrogens with zero attached hydrogens (tertiary/aromatic N) is 2. The molecule has 17 heavy (non-hydrogen) atoms.